The lowest BCUT2D eigenvalue weighted by molar-refractivity contribution is -0.127. The topological polar surface area (TPSA) is 89.3 Å². The molecule has 8 nitrogen and oxygen atoms in total. The Hall–Kier alpha value is -3.10. The number of likely N-dealkylation sites (N-methyl/N-ethyl adjacent to an activating group) is 1. The monoisotopic (exact) mass is 438 g/mol. The Bertz CT molecular complexity index is 946. The van der Waals surface area contributed by atoms with Gasteiger partial charge in [0.25, 0.3) is 0 Å². The first kappa shape index (κ1) is 22.1. The Labute approximate surface area is 188 Å². The van der Waals surface area contributed by atoms with Gasteiger partial charge in [-0.3, -0.25) is 9.69 Å². The summed E-state index contributed by atoms with van der Waals surface area (Å²) in [6, 6.07) is 13.2. The lowest BCUT2D eigenvalue weighted by Gasteiger charge is -2.46. The molecule has 0 unspecified atom stereocenters. The quantitative estimate of drug-likeness (QED) is 0.688. The number of urea groups is 1. The van der Waals surface area contributed by atoms with Crippen molar-refractivity contribution in [3.8, 4) is 0 Å². The van der Waals surface area contributed by atoms with Crippen molar-refractivity contribution >= 4 is 18.0 Å². The molecule has 2 N–H and O–H groups in total. The van der Waals surface area contributed by atoms with Gasteiger partial charge >= 0.3 is 6.03 Å². The number of aliphatic hydroxyl groups is 1. The smallest absolute Gasteiger partial charge is 0.320 e. The molecule has 0 radical (unpaired) electrons. The molecular weight excluding hydrogens is 408 g/mol. The van der Waals surface area contributed by atoms with Gasteiger partial charge in [0, 0.05) is 39.8 Å². The highest BCUT2D eigenvalue weighted by Gasteiger charge is 2.45. The maximum absolute atomic E-state index is 13.0. The van der Waals surface area contributed by atoms with Gasteiger partial charge in [0.2, 0.25) is 5.91 Å². The molecular formula is C24H30N4O4. The number of carbonyl (C=O) groups excluding carboxylic acids is 2. The van der Waals surface area contributed by atoms with Crippen molar-refractivity contribution in [2.24, 2.45) is 0 Å². The number of nitrogens with zero attached hydrogens (tertiary/aromatic N) is 3. The molecule has 3 heterocycles. The molecule has 0 spiro atoms. The number of piperidine rings is 1. The summed E-state index contributed by atoms with van der Waals surface area (Å²) >= 11 is 0. The molecule has 170 valence electrons. The third-order valence-electron chi connectivity index (χ3n) is 6.30. The van der Waals surface area contributed by atoms with Crippen LogP contribution in [0.15, 0.2) is 59.2 Å². The van der Waals surface area contributed by atoms with Crippen molar-refractivity contribution in [1.82, 2.24) is 20.0 Å². The first-order valence-electron chi connectivity index (χ1n) is 10.9. The normalized spacial score (nSPS) is 24.4. The average molecular weight is 439 g/mol. The van der Waals surface area contributed by atoms with Crippen LogP contribution in [0.3, 0.4) is 0 Å². The standard InChI is InChI=1S/C24H30N4O4/c1-26-14-15-28(23(26)31)18-22(30)25-24(19-7-3-2-4-8-19)11-13-27(17-21(24)29)12-5-9-20-10-6-16-32-20/h2-10,16,21,29H,11-15,17-18H2,1H3,(H,25,30)/b9-5+/t21-,24-/m1/s1. The van der Waals surface area contributed by atoms with Gasteiger partial charge < -0.3 is 24.6 Å². The minimum Gasteiger partial charge on any atom is -0.465 e. The molecule has 0 aliphatic carbocycles. The average Bonchev–Trinajstić information content (AvgIpc) is 3.42. The Morgan fingerprint density at radius 3 is 2.69 bits per heavy atom. The lowest BCUT2D eigenvalue weighted by atomic mass is 9.78. The zero-order chi connectivity index (χ0) is 22.6. The Morgan fingerprint density at radius 2 is 2.03 bits per heavy atom. The number of rotatable bonds is 7. The minimum absolute atomic E-state index is 0.0138. The number of furan rings is 1. The summed E-state index contributed by atoms with van der Waals surface area (Å²) in [4.78, 5) is 30.4. The molecule has 2 atom stereocenters. The molecule has 4 rings (SSSR count). The van der Waals surface area contributed by atoms with Gasteiger partial charge in [0.15, 0.2) is 0 Å². The van der Waals surface area contributed by atoms with Gasteiger partial charge in [0.05, 0.1) is 17.9 Å². The van der Waals surface area contributed by atoms with E-state index >= 15 is 0 Å². The van der Waals surface area contributed by atoms with E-state index in [0.29, 0.717) is 39.1 Å². The predicted octanol–water partition coefficient (Wildman–Crippen LogP) is 1.74. The number of nitrogens with one attached hydrogen (secondary N) is 1. The largest absolute Gasteiger partial charge is 0.465 e. The van der Waals surface area contributed by atoms with Gasteiger partial charge in [-0.05, 0) is 30.2 Å². The maximum atomic E-state index is 13.0. The minimum atomic E-state index is -0.895. The fraction of sp³-hybridized carbons (Fsp3) is 0.417. The molecule has 32 heavy (non-hydrogen) atoms. The van der Waals surface area contributed by atoms with Gasteiger partial charge in [-0.1, -0.05) is 36.4 Å². The number of aliphatic hydroxyl groups excluding tert-OH is 1. The van der Waals surface area contributed by atoms with Crippen LogP contribution in [0.1, 0.15) is 17.7 Å². The van der Waals surface area contributed by atoms with Crippen LogP contribution in [-0.4, -0.2) is 84.2 Å². The van der Waals surface area contributed by atoms with Gasteiger partial charge in [-0.15, -0.1) is 0 Å². The fourth-order valence-electron chi connectivity index (χ4n) is 4.46. The summed E-state index contributed by atoms with van der Waals surface area (Å²) in [5.41, 5.74) is -0.0228. The second kappa shape index (κ2) is 9.58. The van der Waals surface area contributed by atoms with Crippen molar-refractivity contribution in [2.75, 3.05) is 46.3 Å². The van der Waals surface area contributed by atoms with E-state index in [1.807, 2.05) is 54.6 Å². The van der Waals surface area contributed by atoms with E-state index in [9.17, 15) is 14.7 Å². The van der Waals surface area contributed by atoms with Crippen molar-refractivity contribution in [1.29, 1.82) is 0 Å². The summed E-state index contributed by atoms with van der Waals surface area (Å²) in [6.45, 7) is 2.92. The molecule has 0 bridgehead atoms. The third-order valence-corrected chi connectivity index (χ3v) is 6.30. The van der Waals surface area contributed by atoms with Crippen molar-refractivity contribution in [3.05, 3.63) is 66.1 Å². The number of hydrogen-bond acceptors (Lipinski definition) is 5. The van der Waals surface area contributed by atoms with Crippen LogP contribution in [0.4, 0.5) is 4.79 Å². The summed E-state index contributed by atoms with van der Waals surface area (Å²) < 4.78 is 5.31. The molecule has 1 aromatic heterocycles. The third kappa shape index (κ3) is 4.71. The van der Waals surface area contributed by atoms with Gasteiger partial charge in [-0.25, -0.2) is 4.79 Å². The van der Waals surface area contributed by atoms with Crippen molar-refractivity contribution in [3.63, 3.8) is 0 Å². The van der Waals surface area contributed by atoms with Crippen molar-refractivity contribution < 1.29 is 19.1 Å². The van der Waals surface area contributed by atoms with Crippen LogP contribution in [0, 0.1) is 0 Å². The number of hydrogen-bond donors (Lipinski definition) is 2. The molecule has 2 saturated heterocycles. The van der Waals surface area contributed by atoms with E-state index < -0.39 is 11.6 Å². The fourth-order valence-corrected chi connectivity index (χ4v) is 4.46. The molecule has 8 heteroatoms. The molecule has 2 aliphatic heterocycles. The Kier molecular flexibility index (Phi) is 6.62. The van der Waals surface area contributed by atoms with Crippen LogP contribution >= 0.6 is 0 Å². The summed E-state index contributed by atoms with van der Waals surface area (Å²) in [6.07, 6.45) is 5.32. The zero-order valence-electron chi connectivity index (χ0n) is 18.3. The molecule has 2 fully saturated rings. The SMILES string of the molecule is CN1CCN(CC(=O)N[C@@]2(c3ccccc3)CCN(C/C=C/c3ccco3)C[C@H]2O)C1=O. The molecule has 1 aromatic carbocycles. The summed E-state index contributed by atoms with van der Waals surface area (Å²) in [5.74, 6) is 0.526. The second-order valence-corrected chi connectivity index (χ2v) is 8.45. The van der Waals surface area contributed by atoms with E-state index in [-0.39, 0.29) is 18.5 Å². The second-order valence-electron chi connectivity index (χ2n) is 8.45. The molecule has 2 aromatic rings. The van der Waals surface area contributed by atoms with Gasteiger partial charge in [0.1, 0.15) is 12.3 Å². The Morgan fingerprint density at radius 1 is 1.22 bits per heavy atom. The highest BCUT2D eigenvalue weighted by atomic mass is 16.3. The first-order chi connectivity index (χ1) is 15.5. The molecule has 2 aliphatic rings. The first-order valence-corrected chi connectivity index (χ1v) is 10.9. The zero-order valence-corrected chi connectivity index (χ0v) is 18.3. The number of β-amino-alcohol motifs (C(OH)–C–C–N with tert-alkyl or cyclic N) is 1. The van der Waals surface area contributed by atoms with E-state index in [0.717, 1.165) is 11.3 Å². The molecule has 3 amide bonds. The summed E-state index contributed by atoms with van der Waals surface area (Å²) in [5, 5.41) is 14.3. The number of likely N-dealkylation sites (tertiary alicyclic amines) is 1. The summed E-state index contributed by atoms with van der Waals surface area (Å²) in [7, 11) is 1.73. The van der Waals surface area contributed by atoms with E-state index in [1.54, 1.807) is 18.2 Å². The van der Waals surface area contributed by atoms with Gasteiger partial charge in [-0.2, -0.15) is 0 Å². The van der Waals surface area contributed by atoms with E-state index in [2.05, 4.69) is 10.2 Å². The highest BCUT2D eigenvalue weighted by Crippen LogP contribution is 2.33. The van der Waals surface area contributed by atoms with E-state index in [1.165, 1.54) is 4.90 Å². The maximum Gasteiger partial charge on any atom is 0.320 e. The predicted molar refractivity (Wildman–Crippen MR) is 121 cm³/mol. The number of amides is 3. The van der Waals surface area contributed by atoms with Crippen LogP contribution < -0.4 is 5.32 Å². The van der Waals surface area contributed by atoms with Crippen molar-refractivity contribution in [2.45, 2.75) is 18.1 Å². The Balaban J connectivity index is 1.45. The van der Waals surface area contributed by atoms with Crippen LogP contribution in [0.5, 0.6) is 0 Å². The highest BCUT2D eigenvalue weighted by molar-refractivity contribution is 5.85. The van der Waals surface area contributed by atoms with Crippen LogP contribution in [-0.2, 0) is 10.3 Å². The number of carbonyl (C=O) groups is 2. The molecule has 0 saturated carbocycles. The van der Waals surface area contributed by atoms with E-state index in [4.69, 9.17) is 4.42 Å². The lowest BCUT2D eigenvalue weighted by Crippen LogP contribution is -2.62. The van der Waals surface area contributed by atoms with Crippen LogP contribution in [0.2, 0.25) is 0 Å². The number of benzene rings is 1. The van der Waals surface area contributed by atoms with Crippen LogP contribution in [0.25, 0.3) is 6.08 Å².